The molecule has 0 aliphatic carbocycles. The maximum Gasteiger partial charge on any atom is 0.165 e. The lowest BCUT2D eigenvalue weighted by Gasteiger charge is -2.29. The van der Waals surface area contributed by atoms with E-state index in [2.05, 4.69) is 57.3 Å². The van der Waals surface area contributed by atoms with Gasteiger partial charge in [-0.25, -0.2) is 15.0 Å². The molecule has 2 aromatic heterocycles. The van der Waals surface area contributed by atoms with Crippen LogP contribution in [-0.2, 0) is 6.54 Å². The molecule has 0 bridgehead atoms. The van der Waals surface area contributed by atoms with Gasteiger partial charge in [0.15, 0.2) is 17.0 Å². The molecule has 3 heterocycles. The van der Waals surface area contributed by atoms with Crippen molar-refractivity contribution in [1.29, 1.82) is 0 Å². The zero-order valence-electron chi connectivity index (χ0n) is 12.6. The van der Waals surface area contributed by atoms with Crippen molar-refractivity contribution >= 4 is 17.0 Å². The Bertz CT molecular complexity index is 605. The summed E-state index contributed by atoms with van der Waals surface area (Å²) in [5.41, 5.74) is 1.85. The quantitative estimate of drug-likeness (QED) is 0.846. The Morgan fingerprint density at radius 1 is 1.30 bits per heavy atom. The van der Waals surface area contributed by atoms with Gasteiger partial charge >= 0.3 is 0 Å². The predicted molar refractivity (Wildman–Crippen MR) is 79.9 cm³/mol. The first-order chi connectivity index (χ1) is 9.63. The van der Waals surface area contributed by atoms with E-state index in [1.54, 1.807) is 6.33 Å². The number of likely N-dealkylation sites (N-methyl/N-ethyl adjacent to an activating group) is 1. The molecule has 2 aromatic rings. The van der Waals surface area contributed by atoms with Crippen molar-refractivity contribution in [3.8, 4) is 0 Å². The molecule has 2 atom stereocenters. The average Bonchev–Trinajstić information content (AvgIpc) is 3.01. The summed E-state index contributed by atoms with van der Waals surface area (Å²) in [5, 5.41) is 0. The second kappa shape index (κ2) is 5.01. The van der Waals surface area contributed by atoms with Crippen LogP contribution in [0.2, 0.25) is 0 Å². The summed E-state index contributed by atoms with van der Waals surface area (Å²) in [4.78, 5) is 18.1. The summed E-state index contributed by atoms with van der Waals surface area (Å²) in [7, 11) is 4.29. The number of nitrogens with zero attached hydrogens (tertiary/aromatic N) is 6. The van der Waals surface area contributed by atoms with E-state index in [1.807, 2.05) is 6.33 Å². The normalized spacial score (nSPS) is 23.1. The maximum absolute atomic E-state index is 4.52. The Balaban J connectivity index is 2.01. The lowest BCUT2D eigenvalue weighted by atomic mass is 10.1. The zero-order chi connectivity index (χ0) is 14.3. The van der Waals surface area contributed by atoms with Gasteiger partial charge in [-0.3, -0.25) is 0 Å². The van der Waals surface area contributed by atoms with E-state index in [4.69, 9.17) is 0 Å². The molecule has 1 aliphatic heterocycles. The van der Waals surface area contributed by atoms with E-state index in [9.17, 15) is 0 Å². The van der Waals surface area contributed by atoms with E-state index in [0.29, 0.717) is 12.1 Å². The minimum Gasteiger partial charge on any atom is -0.350 e. The first kappa shape index (κ1) is 13.3. The van der Waals surface area contributed by atoms with Crippen LogP contribution in [0.25, 0.3) is 11.2 Å². The van der Waals surface area contributed by atoms with Crippen LogP contribution >= 0.6 is 0 Å². The molecule has 0 amide bonds. The fourth-order valence-corrected chi connectivity index (χ4v) is 3.22. The van der Waals surface area contributed by atoms with E-state index in [-0.39, 0.29) is 0 Å². The van der Waals surface area contributed by atoms with Crippen molar-refractivity contribution < 1.29 is 0 Å². The third-order valence-electron chi connectivity index (χ3n) is 4.37. The van der Waals surface area contributed by atoms with Gasteiger partial charge in [0.05, 0.1) is 6.33 Å². The summed E-state index contributed by atoms with van der Waals surface area (Å²) >= 11 is 0. The fourth-order valence-electron chi connectivity index (χ4n) is 3.22. The Labute approximate surface area is 119 Å². The van der Waals surface area contributed by atoms with Gasteiger partial charge < -0.3 is 14.4 Å². The molecule has 1 aliphatic rings. The van der Waals surface area contributed by atoms with Gasteiger partial charge in [-0.1, -0.05) is 0 Å². The van der Waals surface area contributed by atoms with Crippen molar-refractivity contribution in [2.45, 2.75) is 38.9 Å². The molecule has 108 valence electrons. The second-order valence-corrected chi connectivity index (χ2v) is 5.65. The highest BCUT2D eigenvalue weighted by molar-refractivity contribution is 5.83. The van der Waals surface area contributed by atoms with Crippen LogP contribution in [0.15, 0.2) is 12.7 Å². The van der Waals surface area contributed by atoms with Crippen molar-refractivity contribution in [1.82, 2.24) is 24.4 Å². The zero-order valence-corrected chi connectivity index (χ0v) is 12.6. The molecule has 0 saturated carbocycles. The summed E-state index contributed by atoms with van der Waals surface area (Å²) in [6.45, 7) is 6.27. The topological polar surface area (TPSA) is 50.1 Å². The van der Waals surface area contributed by atoms with Crippen molar-refractivity contribution in [3.63, 3.8) is 0 Å². The summed E-state index contributed by atoms with van der Waals surface area (Å²) in [6, 6.07) is 1.00. The standard InChI is InChI=1S/C14H22N6/c1-5-19-9-17-12-13(19)15-8-16-14(12)20-7-6-11(10(20)2)18(3)4/h8-11H,5-7H2,1-4H3/t10-,11+/m0/s1. The molecular weight excluding hydrogens is 252 g/mol. The number of rotatable bonds is 3. The minimum atomic E-state index is 0.440. The number of aryl methyl sites for hydroxylation is 1. The van der Waals surface area contributed by atoms with Crippen LogP contribution in [0.5, 0.6) is 0 Å². The molecule has 3 rings (SSSR count). The van der Waals surface area contributed by atoms with Gasteiger partial charge in [0.1, 0.15) is 6.33 Å². The molecule has 0 N–H and O–H groups in total. The van der Waals surface area contributed by atoms with E-state index in [1.165, 1.54) is 0 Å². The highest BCUT2D eigenvalue weighted by Crippen LogP contribution is 2.30. The molecular formula is C14H22N6. The number of fused-ring (bicyclic) bond motifs is 1. The van der Waals surface area contributed by atoms with Crippen molar-refractivity contribution in [3.05, 3.63) is 12.7 Å². The molecule has 6 nitrogen and oxygen atoms in total. The fraction of sp³-hybridized carbons (Fsp3) is 0.643. The van der Waals surface area contributed by atoms with E-state index >= 15 is 0 Å². The Morgan fingerprint density at radius 3 is 2.75 bits per heavy atom. The highest BCUT2D eigenvalue weighted by atomic mass is 15.3. The molecule has 0 aromatic carbocycles. The number of imidazole rings is 1. The van der Waals surface area contributed by atoms with Crippen molar-refractivity contribution in [2.75, 3.05) is 25.5 Å². The van der Waals surface area contributed by atoms with Crippen LogP contribution in [-0.4, -0.2) is 57.1 Å². The smallest absolute Gasteiger partial charge is 0.165 e. The Morgan fingerprint density at radius 2 is 2.10 bits per heavy atom. The first-order valence-electron chi connectivity index (χ1n) is 7.22. The number of anilines is 1. The van der Waals surface area contributed by atoms with Crippen LogP contribution in [0.3, 0.4) is 0 Å². The van der Waals surface area contributed by atoms with Gasteiger partial charge in [-0.05, 0) is 34.4 Å². The second-order valence-electron chi connectivity index (χ2n) is 5.65. The van der Waals surface area contributed by atoms with Crippen LogP contribution in [0.4, 0.5) is 5.82 Å². The monoisotopic (exact) mass is 274 g/mol. The molecule has 1 fully saturated rings. The van der Waals surface area contributed by atoms with Crippen molar-refractivity contribution in [2.24, 2.45) is 0 Å². The molecule has 0 unspecified atom stereocenters. The van der Waals surface area contributed by atoms with E-state index in [0.717, 1.165) is 36.5 Å². The number of aromatic nitrogens is 4. The third-order valence-corrected chi connectivity index (χ3v) is 4.37. The van der Waals surface area contributed by atoms with Gasteiger partial charge in [-0.2, -0.15) is 0 Å². The Hall–Kier alpha value is -1.69. The molecule has 0 spiro atoms. The van der Waals surface area contributed by atoms with Crippen LogP contribution < -0.4 is 4.90 Å². The predicted octanol–water partition coefficient (Wildman–Crippen LogP) is 1.37. The van der Waals surface area contributed by atoms with Crippen LogP contribution in [0, 0.1) is 0 Å². The molecule has 1 saturated heterocycles. The SMILES string of the molecule is CCn1cnc2c(N3CC[C@@H](N(C)C)[C@@H]3C)ncnc21. The first-order valence-corrected chi connectivity index (χ1v) is 7.22. The van der Waals surface area contributed by atoms with Gasteiger partial charge in [0, 0.05) is 25.2 Å². The molecule has 6 heteroatoms. The largest absolute Gasteiger partial charge is 0.350 e. The third kappa shape index (κ3) is 1.95. The number of hydrogen-bond donors (Lipinski definition) is 0. The lowest BCUT2D eigenvalue weighted by molar-refractivity contribution is 0.283. The number of hydrogen-bond acceptors (Lipinski definition) is 5. The highest BCUT2D eigenvalue weighted by Gasteiger charge is 2.34. The Kier molecular flexibility index (Phi) is 3.33. The van der Waals surface area contributed by atoms with Gasteiger partial charge in [-0.15, -0.1) is 0 Å². The molecule has 0 radical (unpaired) electrons. The lowest BCUT2D eigenvalue weighted by Crippen LogP contribution is -2.40. The average molecular weight is 274 g/mol. The maximum atomic E-state index is 4.52. The van der Waals surface area contributed by atoms with E-state index < -0.39 is 0 Å². The minimum absolute atomic E-state index is 0.440. The summed E-state index contributed by atoms with van der Waals surface area (Å²) in [5.74, 6) is 0.971. The van der Waals surface area contributed by atoms with Gasteiger partial charge in [0.2, 0.25) is 0 Å². The summed E-state index contributed by atoms with van der Waals surface area (Å²) in [6.07, 6.45) is 4.67. The summed E-state index contributed by atoms with van der Waals surface area (Å²) < 4.78 is 2.06. The molecule has 20 heavy (non-hydrogen) atoms. The van der Waals surface area contributed by atoms with Crippen LogP contribution in [0.1, 0.15) is 20.3 Å². The van der Waals surface area contributed by atoms with Gasteiger partial charge in [0.25, 0.3) is 0 Å².